The van der Waals surface area contributed by atoms with Crippen LogP contribution in [0.15, 0.2) is 30.6 Å². The summed E-state index contributed by atoms with van der Waals surface area (Å²) in [4.78, 5) is 8.87. The minimum Gasteiger partial charge on any atom is -0.350 e. The van der Waals surface area contributed by atoms with E-state index in [9.17, 15) is 4.39 Å². The second-order valence-electron chi connectivity index (χ2n) is 8.16. The van der Waals surface area contributed by atoms with Gasteiger partial charge >= 0.3 is 0 Å². The topological polar surface area (TPSA) is 86.1 Å². The van der Waals surface area contributed by atoms with Crippen molar-refractivity contribution in [2.45, 2.75) is 51.7 Å². The Balaban J connectivity index is 1.56. The first-order chi connectivity index (χ1) is 13.9. The van der Waals surface area contributed by atoms with Gasteiger partial charge in [0.1, 0.15) is 11.3 Å². The van der Waals surface area contributed by atoms with Gasteiger partial charge in [-0.1, -0.05) is 0 Å². The van der Waals surface area contributed by atoms with Crippen LogP contribution in [0.1, 0.15) is 38.6 Å². The summed E-state index contributed by atoms with van der Waals surface area (Å²) >= 11 is 0. The minimum atomic E-state index is -0.320. The standard InChI is InChI=1S/C21H24FN7/c1-11(2)29-12(3)25-20-17(22)6-13(7-18(20)29)16-4-5-28-19(16)10-24-21(27-28)26-15-8-14(23)9-15/h4-7,10-11,14-15H,8-9,23H2,1-3H3,(H,26,27). The largest absolute Gasteiger partial charge is 0.350 e. The monoisotopic (exact) mass is 393 g/mol. The van der Waals surface area contributed by atoms with Gasteiger partial charge in [-0.15, -0.1) is 5.10 Å². The lowest BCUT2D eigenvalue weighted by Crippen LogP contribution is -2.44. The second kappa shape index (κ2) is 6.52. The van der Waals surface area contributed by atoms with Crippen molar-refractivity contribution in [1.29, 1.82) is 0 Å². The van der Waals surface area contributed by atoms with E-state index < -0.39 is 0 Å². The number of hydrogen-bond donors (Lipinski definition) is 2. The molecule has 3 aromatic heterocycles. The van der Waals surface area contributed by atoms with Gasteiger partial charge in [0.05, 0.1) is 17.2 Å². The number of halogens is 1. The van der Waals surface area contributed by atoms with Crippen molar-refractivity contribution in [1.82, 2.24) is 24.1 Å². The third kappa shape index (κ3) is 2.95. The number of nitrogens with one attached hydrogen (secondary N) is 1. The van der Waals surface area contributed by atoms with Crippen LogP contribution in [0.3, 0.4) is 0 Å². The summed E-state index contributed by atoms with van der Waals surface area (Å²) in [5.74, 6) is 1.06. The van der Waals surface area contributed by atoms with E-state index in [1.807, 2.05) is 25.3 Å². The number of anilines is 1. The van der Waals surface area contributed by atoms with Gasteiger partial charge in [-0.2, -0.15) is 0 Å². The molecular weight excluding hydrogens is 369 g/mol. The summed E-state index contributed by atoms with van der Waals surface area (Å²) in [6.45, 7) is 6.05. The number of nitrogens with zero attached hydrogens (tertiary/aromatic N) is 5. The van der Waals surface area contributed by atoms with E-state index in [1.165, 1.54) is 6.07 Å². The van der Waals surface area contributed by atoms with E-state index in [0.29, 0.717) is 17.5 Å². The maximum atomic E-state index is 14.8. The fourth-order valence-electron chi connectivity index (χ4n) is 4.25. The number of benzene rings is 1. The smallest absolute Gasteiger partial charge is 0.241 e. The fourth-order valence-corrected chi connectivity index (χ4v) is 4.25. The molecule has 7 nitrogen and oxygen atoms in total. The van der Waals surface area contributed by atoms with Crippen LogP contribution in [0.2, 0.25) is 0 Å². The van der Waals surface area contributed by atoms with Crippen LogP contribution >= 0.6 is 0 Å². The van der Waals surface area contributed by atoms with Gasteiger partial charge in [-0.3, -0.25) is 0 Å². The van der Waals surface area contributed by atoms with Gasteiger partial charge in [0, 0.05) is 29.9 Å². The Hall–Kier alpha value is -3.00. The lowest BCUT2D eigenvalue weighted by Gasteiger charge is -2.32. The maximum absolute atomic E-state index is 14.8. The molecule has 1 aromatic carbocycles. The van der Waals surface area contributed by atoms with Gasteiger partial charge in [-0.25, -0.2) is 18.9 Å². The molecule has 1 aliphatic carbocycles. The van der Waals surface area contributed by atoms with Crippen LogP contribution in [0.4, 0.5) is 10.3 Å². The zero-order valence-corrected chi connectivity index (χ0v) is 16.7. The molecule has 150 valence electrons. The molecule has 0 bridgehead atoms. The highest BCUT2D eigenvalue weighted by atomic mass is 19.1. The van der Waals surface area contributed by atoms with Crippen LogP contribution in [-0.4, -0.2) is 36.2 Å². The number of imidazole rings is 1. The van der Waals surface area contributed by atoms with E-state index in [-0.39, 0.29) is 17.9 Å². The first-order valence-corrected chi connectivity index (χ1v) is 9.95. The molecule has 0 aliphatic heterocycles. The van der Waals surface area contributed by atoms with Crippen LogP contribution in [0, 0.1) is 12.7 Å². The Morgan fingerprint density at radius 3 is 2.76 bits per heavy atom. The molecule has 1 aliphatic rings. The number of hydrogen-bond acceptors (Lipinski definition) is 5. The third-order valence-corrected chi connectivity index (χ3v) is 5.68. The molecule has 0 atom stereocenters. The second-order valence-corrected chi connectivity index (χ2v) is 8.16. The lowest BCUT2D eigenvalue weighted by atomic mass is 9.88. The Morgan fingerprint density at radius 1 is 1.24 bits per heavy atom. The summed E-state index contributed by atoms with van der Waals surface area (Å²) in [6, 6.07) is 6.26. The number of aryl methyl sites for hydroxylation is 1. The van der Waals surface area contributed by atoms with Gasteiger partial charge in [0.2, 0.25) is 5.95 Å². The molecule has 0 unspecified atom stereocenters. The molecule has 4 aromatic rings. The molecule has 0 amide bonds. The highest BCUT2D eigenvalue weighted by Gasteiger charge is 2.26. The van der Waals surface area contributed by atoms with Crippen LogP contribution in [0.25, 0.3) is 27.7 Å². The van der Waals surface area contributed by atoms with Crippen molar-refractivity contribution in [2.24, 2.45) is 5.73 Å². The van der Waals surface area contributed by atoms with E-state index in [2.05, 4.69) is 38.8 Å². The van der Waals surface area contributed by atoms with Gasteiger partial charge in [0.25, 0.3) is 0 Å². The maximum Gasteiger partial charge on any atom is 0.241 e. The van der Waals surface area contributed by atoms with Crippen LogP contribution in [-0.2, 0) is 0 Å². The zero-order valence-electron chi connectivity index (χ0n) is 16.7. The molecule has 8 heteroatoms. The first-order valence-electron chi connectivity index (χ1n) is 9.95. The zero-order chi connectivity index (χ0) is 20.3. The van der Waals surface area contributed by atoms with E-state index in [0.717, 1.165) is 40.8 Å². The van der Waals surface area contributed by atoms with Gasteiger partial charge < -0.3 is 15.6 Å². The highest BCUT2D eigenvalue weighted by Crippen LogP contribution is 2.32. The molecule has 3 N–H and O–H groups in total. The van der Waals surface area contributed by atoms with E-state index >= 15 is 0 Å². The molecule has 5 rings (SSSR count). The number of nitrogens with two attached hydrogens (primary N) is 1. The van der Waals surface area contributed by atoms with Crippen molar-refractivity contribution >= 4 is 22.5 Å². The predicted octanol–water partition coefficient (Wildman–Crippen LogP) is 3.68. The normalized spacial score (nSPS) is 19.2. The van der Waals surface area contributed by atoms with Gasteiger partial charge in [-0.05, 0) is 57.4 Å². The Morgan fingerprint density at radius 2 is 2.03 bits per heavy atom. The van der Waals surface area contributed by atoms with Gasteiger partial charge in [0.15, 0.2) is 5.82 Å². The molecule has 0 saturated heterocycles. The summed E-state index contributed by atoms with van der Waals surface area (Å²) in [6.07, 6.45) is 5.51. The van der Waals surface area contributed by atoms with Crippen LogP contribution in [0.5, 0.6) is 0 Å². The molecular formula is C21H24FN7. The number of aromatic nitrogens is 5. The Labute approximate surface area is 167 Å². The molecule has 29 heavy (non-hydrogen) atoms. The Bertz CT molecular complexity index is 1220. The van der Waals surface area contributed by atoms with Crippen LogP contribution < -0.4 is 11.1 Å². The highest BCUT2D eigenvalue weighted by molar-refractivity contribution is 5.88. The molecule has 0 radical (unpaired) electrons. The molecule has 0 spiro atoms. The minimum absolute atomic E-state index is 0.192. The van der Waals surface area contributed by atoms with Crippen molar-refractivity contribution < 1.29 is 4.39 Å². The molecule has 1 saturated carbocycles. The summed E-state index contributed by atoms with van der Waals surface area (Å²) in [5.41, 5.74) is 9.54. The van der Waals surface area contributed by atoms with Crippen molar-refractivity contribution in [3.63, 3.8) is 0 Å². The van der Waals surface area contributed by atoms with Crippen molar-refractivity contribution in [3.05, 3.63) is 42.2 Å². The van der Waals surface area contributed by atoms with Crippen molar-refractivity contribution in [3.8, 4) is 11.1 Å². The summed E-state index contributed by atoms with van der Waals surface area (Å²) < 4.78 is 18.7. The quantitative estimate of drug-likeness (QED) is 0.552. The number of rotatable bonds is 4. The first kappa shape index (κ1) is 18.1. The lowest BCUT2D eigenvalue weighted by molar-refractivity contribution is 0.371. The average molecular weight is 393 g/mol. The third-order valence-electron chi connectivity index (χ3n) is 5.68. The Kier molecular flexibility index (Phi) is 4.06. The molecule has 1 fully saturated rings. The fraction of sp³-hybridized carbons (Fsp3) is 0.381. The predicted molar refractivity (Wildman–Crippen MR) is 111 cm³/mol. The molecule has 3 heterocycles. The van der Waals surface area contributed by atoms with E-state index in [1.54, 1.807) is 10.7 Å². The van der Waals surface area contributed by atoms with E-state index in [4.69, 9.17) is 5.73 Å². The van der Waals surface area contributed by atoms with Crippen molar-refractivity contribution in [2.75, 3.05) is 5.32 Å². The summed E-state index contributed by atoms with van der Waals surface area (Å²) in [5, 5.41) is 7.86. The number of fused-ring (bicyclic) bond motifs is 2. The average Bonchev–Trinajstić information content (AvgIpc) is 3.20. The SMILES string of the molecule is Cc1nc2c(F)cc(-c3ccn4nc(NC5CC(N)C5)ncc34)cc2n1C(C)C. The summed E-state index contributed by atoms with van der Waals surface area (Å²) in [7, 11) is 0.